The molecule has 1 saturated heterocycles. The second-order valence-electron chi connectivity index (χ2n) is 3.64. The van der Waals surface area contributed by atoms with Gasteiger partial charge in [0.15, 0.2) is 0 Å². The minimum Gasteiger partial charge on any atom is -0.381 e. The number of unbranched alkanes of at least 4 members (excludes halogenated alkanes) is 2. The van der Waals surface area contributed by atoms with Crippen LogP contribution in [0.15, 0.2) is 0 Å². The summed E-state index contributed by atoms with van der Waals surface area (Å²) in [5.74, 6) is 0.784. The predicted molar refractivity (Wildman–Crippen MR) is 51.3 cm³/mol. The second-order valence-corrected chi connectivity index (χ2v) is 3.64. The number of nitrogens with one attached hydrogen (secondary N) is 1. The molecule has 0 bridgehead atoms. The Hall–Kier alpha value is -0.0800. The highest BCUT2D eigenvalue weighted by Gasteiger charge is 2.13. The van der Waals surface area contributed by atoms with Gasteiger partial charge in [0.2, 0.25) is 0 Å². The molecule has 0 aliphatic carbocycles. The topological polar surface area (TPSA) is 21.3 Å². The van der Waals surface area contributed by atoms with Crippen molar-refractivity contribution in [1.82, 2.24) is 5.32 Å². The Morgan fingerprint density at radius 2 is 2.33 bits per heavy atom. The van der Waals surface area contributed by atoms with E-state index in [0.29, 0.717) is 0 Å². The van der Waals surface area contributed by atoms with Gasteiger partial charge >= 0.3 is 0 Å². The van der Waals surface area contributed by atoms with E-state index in [4.69, 9.17) is 4.74 Å². The van der Waals surface area contributed by atoms with Crippen molar-refractivity contribution in [2.45, 2.75) is 32.6 Å². The van der Waals surface area contributed by atoms with Crippen LogP contribution in [0.3, 0.4) is 0 Å². The van der Waals surface area contributed by atoms with Crippen molar-refractivity contribution in [3.05, 3.63) is 0 Å². The molecule has 1 atom stereocenters. The molecule has 0 amide bonds. The standard InChI is InChI=1S/C10H21NO/c1-2-3-4-7-12-9-10-5-6-11-8-10/h10-11H,2-9H2,1H3/t10-/m1/s1. The van der Waals surface area contributed by atoms with E-state index < -0.39 is 0 Å². The lowest BCUT2D eigenvalue weighted by Crippen LogP contribution is -2.14. The summed E-state index contributed by atoms with van der Waals surface area (Å²) in [6.45, 7) is 6.50. The van der Waals surface area contributed by atoms with Crippen LogP contribution in [-0.2, 0) is 4.74 Å². The molecule has 1 aliphatic heterocycles. The fourth-order valence-corrected chi connectivity index (χ4v) is 1.56. The van der Waals surface area contributed by atoms with Crippen LogP contribution in [0.2, 0.25) is 0 Å². The summed E-state index contributed by atoms with van der Waals surface area (Å²) >= 11 is 0. The highest BCUT2D eigenvalue weighted by molar-refractivity contribution is 4.70. The maximum absolute atomic E-state index is 5.58. The lowest BCUT2D eigenvalue weighted by molar-refractivity contribution is 0.102. The first-order valence-electron chi connectivity index (χ1n) is 5.22. The Kier molecular flexibility index (Phi) is 5.37. The largest absolute Gasteiger partial charge is 0.381 e. The molecule has 1 heterocycles. The molecule has 0 unspecified atom stereocenters. The summed E-state index contributed by atoms with van der Waals surface area (Å²) < 4.78 is 5.58. The van der Waals surface area contributed by atoms with Crippen molar-refractivity contribution in [1.29, 1.82) is 0 Å². The zero-order chi connectivity index (χ0) is 8.65. The third-order valence-electron chi connectivity index (χ3n) is 2.41. The van der Waals surface area contributed by atoms with Gasteiger partial charge in [0.1, 0.15) is 0 Å². The predicted octanol–water partition coefficient (Wildman–Crippen LogP) is 1.80. The summed E-state index contributed by atoms with van der Waals surface area (Å²) in [4.78, 5) is 0. The van der Waals surface area contributed by atoms with Crippen LogP contribution in [0, 0.1) is 5.92 Å². The van der Waals surface area contributed by atoms with E-state index in [1.165, 1.54) is 32.2 Å². The second kappa shape index (κ2) is 6.44. The number of ether oxygens (including phenoxy) is 1. The summed E-state index contributed by atoms with van der Waals surface area (Å²) in [6, 6.07) is 0. The Labute approximate surface area is 75.7 Å². The zero-order valence-electron chi connectivity index (χ0n) is 8.14. The van der Waals surface area contributed by atoms with Crippen molar-refractivity contribution in [3.63, 3.8) is 0 Å². The molecule has 1 fully saturated rings. The molecule has 0 radical (unpaired) electrons. The van der Waals surface area contributed by atoms with E-state index in [-0.39, 0.29) is 0 Å². The van der Waals surface area contributed by atoms with E-state index in [1.807, 2.05) is 0 Å². The molecular formula is C10H21NO. The van der Waals surface area contributed by atoms with Gasteiger partial charge in [-0.1, -0.05) is 19.8 Å². The van der Waals surface area contributed by atoms with Gasteiger partial charge in [-0.05, 0) is 25.3 Å². The molecule has 1 N–H and O–H groups in total. The van der Waals surface area contributed by atoms with Crippen molar-refractivity contribution in [2.24, 2.45) is 5.92 Å². The molecule has 2 heteroatoms. The monoisotopic (exact) mass is 171 g/mol. The van der Waals surface area contributed by atoms with Crippen LogP contribution in [-0.4, -0.2) is 26.3 Å². The Morgan fingerprint density at radius 1 is 1.42 bits per heavy atom. The van der Waals surface area contributed by atoms with E-state index in [0.717, 1.165) is 25.7 Å². The van der Waals surface area contributed by atoms with E-state index in [9.17, 15) is 0 Å². The number of hydrogen-bond donors (Lipinski definition) is 1. The fraction of sp³-hybridized carbons (Fsp3) is 1.00. The minimum atomic E-state index is 0.784. The molecule has 0 spiro atoms. The van der Waals surface area contributed by atoms with Gasteiger partial charge in [0, 0.05) is 13.2 Å². The zero-order valence-corrected chi connectivity index (χ0v) is 8.14. The number of hydrogen-bond acceptors (Lipinski definition) is 2. The Morgan fingerprint density at radius 3 is 3.00 bits per heavy atom. The minimum absolute atomic E-state index is 0.784. The van der Waals surface area contributed by atoms with E-state index >= 15 is 0 Å². The van der Waals surface area contributed by atoms with Gasteiger partial charge in [-0.3, -0.25) is 0 Å². The third kappa shape index (κ3) is 4.07. The van der Waals surface area contributed by atoms with Crippen molar-refractivity contribution in [3.8, 4) is 0 Å². The summed E-state index contributed by atoms with van der Waals surface area (Å²) in [5.41, 5.74) is 0. The van der Waals surface area contributed by atoms with Gasteiger partial charge < -0.3 is 10.1 Å². The maximum Gasteiger partial charge on any atom is 0.0506 e. The molecule has 0 aromatic rings. The first kappa shape index (κ1) is 10.0. The van der Waals surface area contributed by atoms with Crippen LogP contribution in [0.4, 0.5) is 0 Å². The first-order valence-corrected chi connectivity index (χ1v) is 5.22. The van der Waals surface area contributed by atoms with Crippen LogP contribution >= 0.6 is 0 Å². The Bertz CT molecular complexity index is 100. The summed E-state index contributed by atoms with van der Waals surface area (Å²) in [6.07, 6.45) is 5.13. The fourth-order valence-electron chi connectivity index (χ4n) is 1.56. The average molecular weight is 171 g/mol. The molecule has 1 rings (SSSR count). The molecule has 0 saturated carbocycles. The maximum atomic E-state index is 5.58. The van der Waals surface area contributed by atoms with Crippen LogP contribution in [0.5, 0.6) is 0 Å². The highest BCUT2D eigenvalue weighted by atomic mass is 16.5. The molecule has 72 valence electrons. The van der Waals surface area contributed by atoms with Gasteiger partial charge in [0.05, 0.1) is 6.61 Å². The third-order valence-corrected chi connectivity index (χ3v) is 2.41. The lowest BCUT2D eigenvalue weighted by atomic mass is 10.1. The van der Waals surface area contributed by atoms with Gasteiger partial charge in [-0.15, -0.1) is 0 Å². The normalized spacial score (nSPS) is 23.2. The first-order chi connectivity index (χ1) is 5.93. The molecular weight excluding hydrogens is 150 g/mol. The molecule has 1 aliphatic rings. The SMILES string of the molecule is CCCCCOC[C@@H]1CCNC1. The smallest absolute Gasteiger partial charge is 0.0506 e. The van der Waals surface area contributed by atoms with Gasteiger partial charge in [0.25, 0.3) is 0 Å². The number of rotatable bonds is 6. The van der Waals surface area contributed by atoms with E-state index in [2.05, 4.69) is 12.2 Å². The van der Waals surface area contributed by atoms with Crippen LogP contribution in [0.1, 0.15) is 32.6 Å². The lowest BCUT2D eigenvalue weighted by Gasteiger charge is -2.08. The average Bonchev–Trinajstić information content (AvgIpc) is 2.57. The van der Waals surface area contributed by atoms with Crippen LogP contribution < -0.4 is 5.32 Å². The quantitative estimate of drug-likeness (QED) is 0.615. The summed E-state index contributed by atoms with van der Waals surface area (Å²) in [5, 5.41) is 3.34. The van der Waals surface area contributed by atoms with Gasteiger partial charge in [-0.25, -0.2) is 0 Å². The van der Waals surface area contributed by atoms with Crippen molar-refractivity contribution in [2.75, 3.05) is 26.3 Å². The Balaban J connectivity index is 1.81. The molecule has 0 aromatic carbocycles. The highest BCUT2D eigenvalue weighted by Crippen LogP contribution is 2.07. The van der Waals surface area contributed by atoms with Crippen molar-refractivity contribution < 1.29 is 4.74 Å². The molecule has 0 aromatic heterocycles. The summed E-state index contributed by atoms with van der Waals surface area (Å²) in [7, 11) is 0. The van der Waals surface area contributed by atoms with Gasteiger partial charge in [-0.2, -0.15) is 0 Å². The van der Waals surface area contributed by atoms with Crippen molar-refractivity contribution >= 4 is 0 Å². The van der Waals surface area contributed by atoms with Crippen LogP contribution in [0.25, 0.3) is 0 Å². The molecule has 2 nitrogen and oxygen atoms in total. The van der Waals surface area contributed by atoms with E-state index in [1.54, 1.807) is 0 Å². The molecule has 12 heavy (non-hydrogen) atoms.